The van der Waals surface area contributed by atoms with Crippen LogP contribution in [0.2, 0.25) is 5.02 Å². The Hall–Kier alpha value is -2.15. The SMILES string of the molecule is CC1CCN(C(=O)[C@@H](C)OC(=O)c2cc([N+](=O)[O-])ccc2Cl)CC1. The van der Waals surface area contributed by atoms with Crippen LogP contribution >= 0.6 is 11.6 Å². The van der Waals surface area contributed by atoms with E-state index >= 15 is 0 Å². The Labute approximate surface area is 144 Å². The van der Waals surface area contributed by atoms with Crippen molar-refractivity contribution in [2.45, 2.75) is 32.8 Å². The molecule has 0 aliphatic carbocycles. The first-order valence-electron chi connectivity index (χ1n) is 7.73. The minimum Gasteiger partial charge on any atom is -0.449 e. The van der Waals surface area contributed by atoms with E-state index in [1.54, 1.807) is 4.90 Å². The highest BCUT2D eigenvalue weighted by molar-refractivity contribution is 6.33. The van der Waals surface area contributed by atoms with Crippen LogP contribution in [0.3, 0.4) is 0 Å². The summed E-state index contributed by atoms with van der Waals surface area (Å²) in [5, 5.41) is 10.8. The Balaban J connectivity index is 2.04. The summed E-state index contributed by atoms with van der Waals surface area (Å²) in [6.07, 6.45) is 0.868. The van der Waals surface area contributed by atoms with Crippen molar-refractivity contribution in [2.75, 3.05) is 13.1 Å². The lowest BCUT2D eigenvalue weighted by Crippen LogP contribution is -2.44. The molecule has 1 fully saturated rings. The molecule has 0 spiro atoms. The highest BCUT2D eigenvalue weighted by Crippen LogP contribution is 2.24. The third-order valence-electron chi connectivity index (χ3n) is 4.11. The molecule has 2 rings (SSSR count). The van der Waals surface area contributed by atoms with E-state index in [1.165, 1.54) is 19.1 Å². The van der Waals surface area contributed by atoms with Gasteiger partial charge in [-0.2, -0.15) is 0 Å². The van der Waals surface area contributed by atoms with Crippen LogP contribution in [0.1, 0.15) is 37.0 Å². The van der Waals surface area contributed by atoms with Gasteiger partial charge >= 0.3 is 5.97 Å². The summed E-state index contributed by atoms with van der Waals surface area (Å²) in [6, 6.07) is 3.50. The first kappa shape index (κ1) is 18.2. The molecule has 1 aliphatic heterocycles. The molecule has 0 N–H and O–H groups in total. The molecule has 130 valence electrons. The van der Waals surface area contributed by atoms with Crippen LogP contribution in [-0.4, -0.2) is 40.9 Å². The molecule has 1 heterocycles. The summed E-state index contributed by atoms with van der Waals surface area (Å²) in [5.74, 6) is -0.540. The van der Waals surface area contributed by atoms with Crippen LogP contribution in [0.25, 0.3) is 0 Å². The van der Waals surface area contributed by atoms with Gasteiger partial charge in [0.25, 0.3) is 11.6 Å². The lowest BCUT2D eigenvalue weighted by Gasteiger charge is -2.31. The number of likely N-dealkylation sites (tertiary alicyclic amines) is 1. The molecule has 7 nitrogen and oxygen atoms in total. The lowest BCUT2D eigenvalue weighted by molar-refractivity contribution is -0.384. The summed E-state index contributed by atoms with van der Waals surface area (Å²) < 4.78 is 5.16. The van der Waals surface area contributed by atoms with Crippen LogP contribution in [-0.2, 0) is 9.53 Å². The maximum absolute atomic E-state index is 12.3. The van der Waals surface area contributed by atoms with Gasteiger partial charge in [0.2, 0.25) is 0 Å². The molecule has 24 heavy (non-hydrogen) atoms. The number of amides is 1. The first-order chi connectivity index (χ1) is 11.3. The predicted octanol–water partition coefficient (Wildman–Crippen LogP) is 3.05. The van der Waals surface area contributed by atoms with Gasteiger partial charge in [-0.15, -0.1) is 0 Å². The Bertz CT molecular complexity index is 656. The Kier molecular flexibility index (Phi) is 5.77. The van der Waals surface area contributed by atoms with Crippen molar-refractivity contribution in [2.24, 2.45) is 5.92 Å². The van der Waals surface area contributed by atoms with Crippen LogP contribution < -0.4 is 0 Å². The number of carbonyl (C=O) groups excluding carboxylic acids is 2. The van der Waals surface area contributed by atoms with E-state index in [0.717, 1.165) is 18.9 Å². The number of hydrogen-bond acceptors (Lipinski definition) is 5. The van der Waals surface area contributed by atoms with Gasteiger partial charge in [-0.25, -0.2) is 4.79 Å². The summed E-state index contributed by atoms with van der Waals surface area (Å²) in [7, 11) is 0. The molecule has 0 radical (unpaired) electrons. The summed E-state index contributed by atoms with van der Waals surface area (Å²) in [4.78, 5) is 36.4. The van der Waals surface area contributed by atoms with Crippen LogP contribution in [0.4, 0.5) is 5.69 Å². The second kappa shape index (κ2) is 7.61. The van der Waals surface area contributed by atoms with Gasteiger partial charge in [0, 0.05) is 25.2 Å². The van der Waals surface area contributed by atoms with E-state index < -0.39 is 17.0 Å². The molecule has 1 saturated heterocycles. The number of esters is 1. The molecular weight excluding hydrogens is 336 g/mol. The topological polar surface area (TPSA) is 89.8 Å². The molecule has 1 aromatic rings. The van der Waals surface area contributed by atoms with E-state index in [4.69, 9.17) is 16.3 Å². The molecule has 1 atom stereocenters. The molecular formula is C16H19ClN2O5. The van der Waals surface area contributed by atoms with E-state index in [0.29, 0.717) is 19.0 Å². The number of nitro groups is 1. The Morgan fingerprint density at radius 1 is 1.38 bits per heavy atom. The maximum atomic E-state index is 12.3. The smallest absolute Gasteiger partial charge is 0.340 e. The standard InChI is InChI=1S/C16H19ClN2O5/c1-10-5-7-18(8-6-10)15(20)11(2)24-16(21)13-9-12(19(22)23)3-4-14(13)17/h3-4,9-11H,5-8H2,1-2H3/t11-/m1/s1. The molecule has 0 bridgehead atoms. The quantitative estimate of drug-likeness (QED) is 0.471. The number of non-ortho nitro benzene ring substituents is 1. The van der Waals surface area contributed by atoms with Crippen molar-refractivity contribution in [1.82, 2.24) is 4.90 Å². The van der Waals surface area contributed by atoms with Crippen molar-refractivity contribution in [3.63, 3.8) is 0 Å². The van der Waals surface area contributed by atoms with Crippen molar-refractivity contribution in [3.05, 3.63) is 38.9 Å². The van der Waals surface area contributed by atoms with Crippen LogP contribution in [0, 0.1) is 16.0 Å². The van der Waals surface area contributed by atoms with E-state index in [-0.39, 0.29) is 22.2 Å². The first-order valence-corrected chi connectivity index (χ1v) is 8.11. The summed E-state index contributed by atoms with van der Waals surface area (Å²) >= 11 is 5.90. The third kappa shape index (κ3) is 4.23. The molecule has 0 aromatic heterocycles. The van der Waals surface area contributed by atoms with Gasteiger partial charge in [0.05, 0.1) is 15.5 Å². The maximum Gasteiger partial charge on any atom is 0.340 e. The molecule has 0 saturated carbocycles. The fourth-order valence-electron chi connectivity index (χ4n) is 2.54. The number of halogens is 1. The number of nitrogens with zero attached hydrogens (tertiary/aromatic N) is 2. The fourth-order valence-corrected chi connectivity index (χ4v) is 2.74. The molecule has 0 unspecified atom stereocenters. The summed E-state index contributed by atoms with van der Waals surface area (Å²) in [5.41, 5.74) is -0.395. The van der Waals surface area contributed by atoms with E-state index in [1.807, 2.05) is 0 Å². The van der Waals surface area contributed by atoms with Gasteiger partial charge < -0.3 is 9.64 Å². The van der Waals surface area contributed by atoms with Gasteiger partial charge in [-0.1, -0.05) is 18.5 Å². The second-order valence-electron chi connectivity index (χ2n) is 5.98. The van der Waals surface area contributed by atoms with Gasteiger partial charge in [0.15, 0.2) is 6.10 Å². The number of hydrogen-bond donors (Lipinski definition) is 0. The molecule has 8 heteroatoms. The van der Waals surface area contributed by atoms with Crippen molar-refractivity contribution in [3.8, 4) is 0 Å². The Morgan fingerprint density at radius 2 is 2.00 bits per heavy atom. The zero-order chi connectivity index (χ0) is 17.9. The predicted molar refractivity (Wildman–Crippen MR) is 88.0 cm³/mol. The van der Waals surface area contributed by atoms with Gasteiger partial charge in [-0.05, 0) is 31.7 Å². The van der Waals surface area contributed by atoms with Crippen molar-refractivity contribution in [1.29, 1.82) is 0 Å². The second-order valence-corrected chi connectivity index (χ2v) is 6.38. The van der Waals surface area contributed by atoms with Crippen molar-refractivity contribution < 1.29 is 19.2 Å². The zero-order valence-electron chi connectivity index (χ0n) is 13.5. The monoisotopic (exact) mass is 354 g/mol. The Morgan fingerprint density at radius 3 is 2.58 bits per heavy atom. The number of rotatable bonds is 4. The lowest BCUT2D eigenvalue weighted by atomic mass is 9.99. The van der Waals surface area contributed by atoms with Gasteiger partial charge in [0.1, 0.15) is 0 Å². The minimum atomic E-state index is -0.971. The van der Waals surface area contributed by atoms with E-state index in [9.17, 15) is 19.7 Å². The van der Waals surface area contributed by atoms with Crippen LogP contribution in [0.5, 0.6) is 0 Å². The average Bonchev–Trinajstić information content (AvgIpc) is 2.54. The highest BCUT2D eigenvalue weighted by atomic mass is 35.5. The fraction of sp³-hybridized carbons (Fsp3) is 0.500. The minimum absolute atomic E-state index is 0.0389. The largest absolute Gasteiger partial charge is 0.449 e. The number of nitro benzene ring substituents is 1. The highest BCUT2D eigenvalue weighted by Gasteiger charge is 2.28. The third-order valence-corrected chi connectivity index (χ3v) is 4.44. The molecule has 1 aliphatic rings. The number of ether oxygens (including phenoxy) is 1. The average molecular weight is 355 g/mol. The number of carbonyl (C=O) groups is 2. The van der Waals surface area contributed by atoms with E-state index in [2.05, 4.69) is 6.92 Å². The summed E-state index contributed by atoms with van der Waals surface area (Å²) in [6.45, 7) is 4.90. The zero-order valence-corrected chi connectivity index (χ0v) is 14.3. The number of benzene rings is 1. The normalized spacial score (nSPS) is 16.5. The van der Waals surface area contributed by atoms with Crippen LogP contribution in [0.15, 0.2) is 18.2 Å². The molecule has 1 amide bonds. The number of piperidine rings is 1. The van der Waals surface area contributed by atoms with Gasteiger partial charge in [-0.3, -0.25) is 14.9 Å². The molecule has 1 aromatic carbocycles. The van der Waals surface area contributed by atoms with Crippen molar-refractivity contribution >= 4 is 29.2 Å².